The summed E-state index contributed by atoms with van der Waals surface area (Å²) in [7, 11) is 0. The lowest BCUT2D eigenvalue weighted by molar-refractivity contribution is -0.120. The molecule has 1 heterocycles. The van der Waals surface area contributed by atoms with Gasteiger partial charge in [-0.3, -0.25) is 9.59 Å². The summed E-state index contributed by atoms with van der Waals surface area (Å²) in [6, 6.07) is 11.2. The van der Waals surface area contributed by atoms with Crippen LogP contribution in [0.3, 0.4) is 0 Å². The minimum Gasteiger partial charge on any atom is -0.454 e. The van der Waals surface area contributed by atoms with Crippen LogP contribution in [-0.4, -0.2) is 31.7 Å². The number of rotatable bonds is 6. The average molecular weight is 354 g/mol. The van der Waals surface area contributed by atoms with Crippen molar-refractivity contribution in [2.24, 2.45) is 0 Å². The first-order valence-corrected chi connectivity index (χ1v) is 8.53. The van der Waals surface area contributed by atoms with Crippen molar-refractivity contribution in [1.82, 2.24) is 10.6 Å². The quantitative estimate of drug-likeness (QED) is 0.833. The molecule has 0 bridgehead atoms. The SMILES string of the molecule is Cc1ccc(C(=O)NCC(=O)NCCc2ccc3c(c2)OCO3)cc1C. The van der Waals surface area contributed by atoms with Crippen LogP contribution < -0.4 is 20.1 Å². The van der Waals surface area contributed by atoms with Crippen LogP contribution in [0.5, 0.6) is 11.5 Å². The summed E-state index contributed by atoms with van der Waals surface area (Å²) in [5, 5.41) is 5.44. The van der Waals surface area contributed by atoms with Crippen LogP contribution >= 0.6 is 0 Å². The van der Waals surface area contributed by atoms with Gasteiger partial charge in [0.2, 0.25) is 12.7 Å². The van der Waals surface area contributed by atoms with Gasteiger partial charge in [0.1, 0.15) is 0 Å². The molecular formula is C20H22N2O4. The van der Waals surface area contributed by atoms with E-state index in [0.29, 0.717) is 18.5 Å². The van der Waals surface area contributed by atoms with Crippen LogP contribution in [0, 0.1) is 13.8 Å². The van der Waals surface area contributed by atoms with E-state index in [1.165, 1.54) is 0 Å². The zero-order valence-electron chi connectivity index (χ0n) is 14.9. The molecule has 0 unspecified atom stereocenters. The van der Waals surface area contributed by atoms with Gasteiger partial charge in [0, 0.05) is 12.1 Å². The van der Waals surface area contributed by atoms with E-state index in [9.17, 15) is 9.59 Å². The first kappa shape index (κ1) is 17.8. The molecule has 0 spiro atoms. The van der Waals surface area contributed by atoms with E-state index in [0.717, 1.165) is 28.2 Å². The second-order valence-corrected chi connectivity index (χ2v) is 6.27. The number of benzene rings is 2. The van der Waals surface area contributed by atoms with Gasteiger partial charge in [0.25, 0.3) is 5.91 Å². The van der Waals surface area contributed by atoms with Crippen LogP contribution in [0.25, 0.3) is 0 Å². The second-order valence-electron chi connectivity index (χ2n) is 6.27. The fourth-order valence-electron chi connectivity index (χ4n) is 2.65. The summed E-state index contributed by atoms with van der Waals surface area (Å²) in [6.45, 7) is 4.63. The van der Waals surface area contributed by atoms with Gasteiger partial charge in [-0.25, -0.2) is 0 Å². The Morgan fingerprint density at radius 1 is 0.962 bits per heavy atom. The van der Waals surface area contributed by atoms with Crippen molar-refractivity contribution in [3.63, 3.8) is 0 Å². The van der Waals surface area contributed by atoms with E-state index < -0.39 is 0 Å². The molecule has 0 aliphatic carbocycles. The fraction of sp³-hybridized carbons (Fsp3) is 0.300. The van der Waals surface area contributed by atoms with E-state index in [2.05, 4.69) is 10.6 Å². The van der Waals surface area contributed by atoms with E-state index in [4.69, 9.17) is 9.47 Å². The number of carbonyl (C=O) groups is 2. The normalized spacial score (nSPS) is 11.9. The molecule has 2 aromatic carbocycles. The number of amides is 2. The number of aryl methyl sites for hydroxylation is 2. The Kier molecular flexibility index (Phi) is 5.41. The third kappa shape index (κ3) is 4.33. The van der Waals surface area contributed by atoms with Gasteiger partial charge in [-0.2, -0.15) is 0 Å². The molecule has 136 valence electrons. The van der Waals surface area contributed by atoms with Crippen LogP contribution in [0.2, 0.25) is 0 Å². The largest absolute Gasteiger partial charge is 0.454 e. The predicted octanol–water partition coefficient (Wildman–Crippen LogP) is 2.12. The predicted molar refractivity (Wildman–Crippen MR) is 97.5 cm³/mol. The lowest BCUT2D eigenvalue weighted by Gasteiger charge is -2.08. The fourth-order valence-corrected chi connectivity index (χ4v) is 2.65. The lowest BCUT2D eigenvalue weighted by Crippen LogP contribution is -2.37. The summed E-state index contributed by atoms with van der Waals surface area (Å²) in [5.74, 6) is 1.00. The van der Waals surface area contributed by atoms with Gasteiger partial charge in [-0.05, 0) is 61.2 Å². The lowest BCUT2D eigenvalue weighted by atomic mass is 10.1. The summed E-state index contributed by atoms with van der Waals surface area (Å²) in [4.78, 5) is 24.0. The van der Waals surface area contributed by atoms with E-state index >= 15 is 0 Å². The Labute approximate surface area is 152 Å². The third-order valence-electron chi connectivity index (χ3n) is 4.35. The standard InChI is InChI=1S/C20H22N2O4/c1-13-3-5-16(9-14(13)2)20(24)22-11-19(23)21-8-7-15-4-6-17-18(10-15)26-12-25-17/h3-6,9-10H,7-8,11-12H2,1-2H3,(H,21,23)(H,22,24). The molecule has 2 amide bonds. The molecule has 1 aliphatic heterocycles. The number of nitrogens with one attached hydrogen (secondary N) is 2. The molecule has 0 radical (unpaired) electrons. The van der Waals surface area contributed by atoms with Crippen LogP contribution in [0.15, 0.2) is 36.4 Å². The summed E-state index contributed by atoms with van der Waals surface area (Å²) in [5.41, 5.74) is 3.78. The van der Waals surface area contributed by atoms with Gasteiger partial charge in [0.05, 0.1) is 6.54 Å². The van der Waals surface area contributed by atoms with Crippen molar-refractivity contribution in [3.8, 4) is 11.5 Å². The Hall–Kier alpha value is -3.02. The second kappa shape index (κ2) is 7.91. The number of hydrogen-bond acceptors (Lipinski definition) is 4. The molecule has 0 saturated carbocycles. The first-order chi connectivity index (χ1) is 12.5. The van der Waals surface area contributed by atoms with Crippen molar-refractivity contribution < 1.29 is 19.1 Å². The monoisotopic (exact) mass is 354 g/mol. The molecule has 0 atom stereocenters. The van der Waals surface area contributed by atoms with E-state index in [-0.39, 0.29) is 25.2 Å². The molecule has 0 saturated heterocycles. The Balaban J connectivity index is 1.41. The van der Waals surface area contributed by atoms with E-state index in [1.807, 2.05) is 44.2 Å². The first-order valence-electron chi connectivity index (χ1n) is 8.53. The minimum atomic E-state index is -0.251. The zero-order chi connectivity index (χ0) is 18.5. The summed E-state index contributed by atoms with van der Waals surface area (Å²) in [6.07, 6.45) is 0.674. The molecule has 6 heteroatoms. The van der Waals surface area contributed by atoms with Gasteiger partial charge in [0.15, 0.2) is 11.5 Å². The highest BCUT2D eigenvalue weighted by atomic mass is 16.7. The smallest absolute Gasteiger partial charge is 0.251 e. The molecule has 6 nitrogen and oxygen atoms in total. The molecule has 26 heavy (non-hydrogen) atoms. The highest BCUT2D eigenvalue weighted by Gasteiger charge is 2.13. The van der Waals surface area contributed by atoms with E-state index in [1.54, 1.807) is 6.07 Å². The van der Waals surface area contributed by atoms with Gasteiger partial charge >= 0.3 is 0 Å². The van der Waals surface area contributed by atoms with Crippen LogP contribution in [0.4, 0.5) is 0 Å². The van der Waals surface area contributed by atoms with Gasteiger partial charge in [-0.15, -0.1) is 0 Å². The molecule has 1 aliphatic rings. The zero-order valence-corrected chi connectivity index (χ0v) is 14.9. The van der Waals surface area contributed by atoms with Crippen molar-refractivity contribution in [2.45, 2.75) is 20.3 Å². The molecule has 2 N–H and O–H groups in total. The highest BCUT2D eigenvalue weighted by Crippen LogP contribution is 2.32. The molecule has 0 fully saturated rings. The molecule has 2 aromatic rings. The number of hydrogen-bond donors (Lipinski definition) is 2. The maximum atomic E-state index is 12.1. The van der Waals surface area contributed by atoms with Crippen molar-refractivity contribution in [2.75, 3.05) is 19.9 Å². The maximum Gasteiger partial charge on any atom is 0.251 e. The molecule has 0 aromatic heterocycles. The summed E-state index contributed by atoms with van der Waals surface area (Å²) >= 11 is 0. The van der Waals surface area contributed by atoms with Gasteiger partial charge < -0.3 is 20.1 Å². The Morgan fingerprint density at radius 3 is 2.58 bits per heavy atom. The van der Waals surface area contributed by atoms with Crippen LogP contribution in [0.1, 0.15) is 27.0 Å². The average Bonchev–Trinajstić information content (AvgIpc) is 3.10. The van der Waals surface area contributed by atoms with Crippen molar-refractivity contribution >= 4 is 11.8 Å². The molecular weight excluding hydrogens is 332 g/mol. The number of carbonyl (C=O) groups excluding carboxylic acids is 2. The topological polar surface area (TPSA) is 76.7 Å². The highest BCUT2D eigenvalue weighted by molar-refractivity contribution is 5.96. The van der Waals surface area contributed by atoms with Crippen molar-refractivity contribution in [3.05, 3.63) is 58.7 Å². The Morgan fingerprint density at radius 2 is 1.77 bits per heavy atom. The Bertz CT molecular complexity index is 833. The van der Waals surface area contributed by atoms with Crippen molar-refractivity contribution in [1.29, 1.82) is 0 Å². The molecule has 3 rings (SSSR count). The minimum absolute atomic E-state index is 0.0487. The third-order valence-corrected chi connectivity index (χ3v) is 4.35. The number of fused-ring (bicyclic) bond motifs is 1. The van der Waals surface area contributed by atoms with Gasteiger partial charge in [-0.1, -0.05) is 12.1 Å². The maximum absolute atomic E-state index is 12.1. The summed E-state index contributed by atoms with van der Waals surface area (Å²) < 4.78 is 10.6. The number of ether oxygens (including phenoxy) is 2. The van der Waals surface area contributed by atoms with Crippen LogP contribution in [-0.2, 0) is 11.2 Å².